The Kier molecular flexibility index (Phi) is 23.2. The summed E-state index contributed by atoms with van der Waals surface area (Å²) < 4.78 is 23.1. The summed E-state index contributed by atoms with van der Waals surface area (Å²) >= 11 is 0. The van der Waals surface area contributed by atoms with E-state index in [1.54, 1.807) is 99.8 Å². The van der Waals surface area contributed by atoms with Gasteiger partial charge in [0.05, 0.1) is 79.4 Å². The van der Waals surface area contributed by atoms with E-state index in [9.17, 15) is 65.4 Å². The normalized spacial score (nSPS) is 44.4. The third-order valence-electron chi connectivity index (χ3n) is 11.8. The number of fused-ring (bicyclic) bond motifs is 2. The van der Waals surface area contributed by atoms with E-state index in [2.05, 4.69) is 0 Å². The summed E-state index contributed by atoms with van der Waals surface area (Å²) in [4.78, 5) is 38.0. The van der Waals surface area contributed by atoms with E-state index in [0.717, 1.165) is 0 Å². The lowest BCUT2D eigenvalue weighted by molar-refractivity contribution is -0.308. The number of carbonyl (C=O) groups excluding carboxylic acids is 2. The number of hydrogen-bond donors (Lipinski definition) is 11. The summed E-state index contributed by atoms with van der Waals surface area (Å²) in [6.07, 6.45) is 3.70. The van der Waals surface area contributed by atoms with Gasteiger partial charge in [-0.2, -0.15) is 0 Å². The van der Waals surface area contributed by atoms with Crippen LogP contribution in [0.4, 0.5) is 0 Å². The minimum absolute atomic E-state index is 0.119. The van der Waals surface area contributed by atoms with Gasteiger partial charge < -0.3 is 75.7 Å². The number of nitrogens with two attached hydrogens (primary N) is 1. The molecule has 0 aliphatic carbocycles. The molecule has 0 aromatic heterocycles. The zero-order valence-electron chi connectivity index (χ0n) is 37.5. The van der Waals surface area contributed by atoms with Gasteiger partial charge in [-0.3, -0.25) is 14.4 Å². The quantitative estimate of drug-likeness (QED) is 0.175. The fourth-order valence-corrected chi connectivity index (χ4v) is 7.83. The molecule has 18 heteroatoms. The number of aliphatic carboxylic acids is 1. The van der Waals surface area contributed by atoms with E-state index in [4.69, 9.17) is 24.7 Å². The molecule has 2 fully saturated rings. The molecule has 12 N–H and O–H groups in total. The van der Waals surface area contributed by atoms with Crippen molar-refractivity contribution < 1.29 is 84.4 Å². The Hall–Kier alpha value is -3.73. The third kappa shape index (κ3) is 18.5. The van der Waals surface area contributed by atoms with Gasteiger partial charge in [-0.1, -0.05) is 98.9 Å². The first kappa shape index (κ1) is 55.6. The summed E-state index contributed by atoms with van der Waals surface area (Å²) in [6, 6.07) is -1.15. The molecule has 3 aliphatic rings. The van der Waals surface area contributed by atoms with Gasteiger partial charge in [-0.05, 0) is 33.1 Å². The zero-order chi connectivity index (χ0) is 48.4. The van der Waals surface area contributed by atoms with Gasteiger partial charge in [-0.15, -0.1) is 0 Å². The molecule has 3 rings (SSSR count). The van der Waals surface area contributed by atoms with Crippen LogP contribution < -0.4 is 5.73 Å². The second-order valence-corrected chi connectivity index (χ2v) is 17.3. The molecular weight excluding hydrogens is 851 g/mol. The van der Waals surface area contributed by atoms with E-state index in [-0.39, 0.29) is 31.5 Å². The van der Waals surface area contributed by atoms with Crippen molar-refractivity contribution in [2.75, 3.05) is 0 Å². The van der Waals surface area contributed by atoms with Crippen molar-refractivity contribution >= 4 is 17.7 Å². The van der Waals surface area contributed by atoms with Crippen molar-refractivity contribution in [2.45, 2.75) is 170 Å². The molecule has 18 atom stereocenters. The average Bonchev–Trinajstić information content (AvgIpc) is 3.21. The smallest absolute Gasteiger partial charge is 0.311 e. The zero-order valence-corrected chi connectivity index (χ0v) is 37.5. The predicted octanol–water partition coefficient (Wildman–Crippen LogP) is 0.920. The van der Waals surface area contributed by atoms with Crippen molar-refractivity contribution in [1.82, 2.24) is 0 Å². The molecule has 0 radical (unpaired) electrons. The van der Waals surface area contributed by atoms with Gasteiger partial charge in [0.25, 0.3) is 0 Å². The van der Waals surface area contributed by atoms with Gasteiger partial charge in [-0.25, -0.2) is 0 Å². The fraction of sp³-hybridized carbons (Fsp3) is 0.638. The minimum Gasteiger partial charge on any atom is -0.481 e. The lowest BCUT2D eigenvalue weighted by Gasteiger charge is -2.45. The monoisotopic (exact) mass is 921 g/mol. The first-order valence-electron chi connectivity index (χ1n) is 22.2. The molecule has 3 heterocycles. The molecule has 366 valence electrons. The minimum atomic E-state index is -2.33. The highest BCUT2D eigenvalue weighted by Crippen LogP contribution is 2.38. The van der Waals surface area contributed by atoms with Crippen LogP contribution in [0.25, 0.3) is 0 Å². The van der Waals surface area contributed by atoms with Crippen LogP contribution in [0.15, 0.2) is 85.1 Å². The number of carbonyl (C=O) groups is 3. The van der Waals surface area contributed by atoms with Crippen molar-refractivity contribution in [1.29, 1.82) is 0 Å². The summed E-state index contributed by atoms with van der Waals surface area (Å²) in [7, 11) is 0. The number of aliphatic hydroxyl groups is 9. The Bertz CT molecular complexity index is 1710. The first-order chi connectivity index (χ1) is 30.6. The number of carboxylic acid groups (broad SMARTS) is 1. The van der Waals surface area contributed by atoms with Gasteiger partial charge in [0.15, 0.2) is 12.1 Å². The largest absolute Gasteiger partial charge is 0.481 e. The van der Waals surface area contributed by atoms with Crippen LogP contribution in [0.1, 0.15) is 79.1 Å². The number of carboxylic acids is 1. The third-order valence-corrected chi connectivity index (χ3v) is 11.8. The number of esters is 1. The fourth-order valence-electron chi connectivity index (χ4n) is 7.83. The number of hydrogen-bond acceptors (Lipinski definition) is 17. The Morgan fingerprint density at radius 1 is 0.677 bits per heavy atom. The van der Waals surface area contributed by atoms with Crippen LogP contribution >= 0.6 is 0 Å². The maximum absolute atomic E-state index is 13.0. The summed E-state index contributed by atoms with van der Waals surface area (Å²) in [5.74, 6) is -7.42. The number of ketones is 1. The highest BCUT2D eigenvalue weighted by atomic mass is 16.7. The summed E-state index contributed by atoms with van der Waals surface area (Å²) in [6.45, 7) is 6.48. The lowest BCUT2D eigenvalue weighted by atomic mass is 9.82. The predicted molar refractivity (Wildman–Crippen MR) is 236 cm³/mol. The van der Waals surface area contributed by atoms with E-state index < -0.39 is 147 Å². The van der Waals surface area contributed by atoms with E-state index in [1.165, 1.54) is 13.0 Å². The molecular formula is C47H71NO17. The van der Waals surface area contributed by atoms with Gasteiger partial charge in [0, 0.05) is 31.6 Å². The molecule has 65 heavy (non-hydrogen) atoms. The van der Waals surface area contributed by atoms with Crippen molar-refractivity contribution in [3.8, 4) is 0 Å². The van der Waals surface area contributed by atoms with Crippen LogP contribution in [0.5, 0.6) is 0 Å². The Morgan fingerprint density at radius 3 is 1.83 bits per heavy atom. The molecule has 0 aromatic carbocycles. The average molecular weight is 922 g/mol. The second kappa shape index (κ2) is 27.2. The van der Waals surface area contributed by atoms with Gasteiger partial charge in [0.1, 0.15) is 23.9 Å². The lowest BCUT2D eigenvalue weighted by Crippen LogP contribution is -2.61. The van der Waals surface area contributed by atoms with E-state index in [1.807, 2.05) is 0 Å². The van der Waals surface area contributed by atoms with Crippen molar-refractivity contribution in [2.24, 2.45) is 23.5 Å². The SMILES string of the molecule is C[C@@H]1OC(=O)C[C@H](O)C[C@H](O)CC[C@@H](O)[C@H](O)C[C@H](O)C[C@]2(O)C[C@H](O)[C@@H](C(=O)O)[C@H](C[C@@H](O[C@@H]3O[C@H](C)[C@@H](O)[C@H](N)[C@@H]3O)\C=C/C=C\C=C/C=C\C=C/C=C\C=C/[C@H](C)C(=O)[C@H]1C)O2. The number of cyclic esters (lactones) is 1. The maximum Gasteiger partial charge on any atom is 0.311 e. The van der Waals surface area contributed by atoms with Gasteiger partial charge in [0.2, 0.25) is 0 Å². The van der Waals surface area contributed by atoms with Crippen LogP contribution in [-0.4, -0.2) is 160 Å². The van der Waals surface area contributed by atoms with Crippen molar-refractivity contribution in [3.05, 3.63) is 85.1 Å². The van der Waals surface area contributed by atoms with Crippen molar-refractivity contribution in [3.63, 3.8) is 0 Å². The highest BCUT2D eigenvalue weighted by molar-refractivity contribution is 5.85. The molecule has 3 aliphatic heterocycles. The molecule has 0 unspecified atom stereocenters. The number of allylic oxidation sites excluding steroid dienone is 13. The van der Waals surface area contributed by atoms with Gasteiger partial charge >= 0.3 is 11.9 Å². The number of aliphatic hydroxyl groups excluding tert-OH is 8. The number of Topliss-reactive ketones (excluding diaryl/α,β-unsaturated/α-hetero) is 1. The number of rotatable bonds is 3. The highest BCUT2D eigenvalue weighted by Gasteiger charge is 2.51. The maximum atomic E-state index is 13.0. The first-order valence-corrected chi connectivity index (χ1v) is 22.2. The molecule has 2 bridgehead atoms. The van der Waals surface area contributed by atoms with Crippen LogP contribution in [0, 0.1) is 17.8 Å². The summed E-state index contributed by atoms with van der Waals surface area (Å²) in [5, 5.41) is 107. The molecule has 0 aromatic rings. The molecule has 0 spiro atoms. The number of ether oxygens (including phenoxy) is 4. The van der Waals surface area contributed by atoms with E-state index in [0.29, 0.717) is 0 Å². The molecule has 18 nitrogen and oxygen atoms in total. The second-order valence-electron chi connectivity index (χ2n) is 17.3. The molecule has 0 amide bonds. The molecule has 0 saturated carbocycles. The summed E-state index contributed by atoms with van der Waals surface area (Å²) in [5.41, 5.74) is 6.01. The van der Waals surface area contributed by atoms with Crippen LogP contribution in [0.2, 0.25) is 0 Å². The topological polar surface area (TPSA) is 316 Å². The molecule has 2 saturated heterocycles. The van der Waals surface area contributed by atoms with E-state index >= 15 is 0 Å². The Morgan fingerprint density at radius 2 is 1.25 bits per heavy atom. The Balaban J connectivity index is 1.86. The standard InChI is InChI=1S/C47H71NO17/c1-27-17-15-13-11-9-7-5-6-8-10-12-14-16-18-34(64-46-44(58)41(48)43(57)30(4)63-46)24-38-40(45(59)60)37(54)26-47(61,65-38)25-33(51)22-36(53)35(52)20-19-31(49)21-32(50)23-39(55)62-29(3)28(2)42(27)56/h5-18,27-38,40-41,43-44,46,49-54,57-58,61H,19-26,48H2,1-4H3,(H,59,60)/b6-5-,9-7-,10-8-,13-11-,14-12-,17-15-,18-16-/t27-,28-,29-,30+,31+,32+,33-,34-,35+,36+,37-,38-,40+,41-,43+,44-,46-,47+/m0/s1. The van der Waals surface area contributed by atoms with Crippen LogP contribution in [-0.2, 0) is 33.3 Å². The van der Waals surface area contributed by atoms with Crippen LogP contribution in [0.3, 0.4) is 0 Å². The Labute approximate surface area is 380 Å².